The lowest BCUT2D eigenvalue weighted by molar-refractivity contribution is -0.167. The Kier molecular flexibility index (Phi) is 10.9. The molecule has 0 saturated heterocycles. The number of primary amides is 1. The van der Waals surface area contributed by atoms with E-state index in [1.165, 1.54) is 23.5 Å². The van der Waals surface area contributed by atoms with Crippen LogP contribution in [0.4, 0.5) is 23.2 Å². The van der Waals surface area contributed by atoms with Gasteiger partial charge < -0.3 is 25.7 Å². The summed E-state index contributed by atoms with van der Waals surface area (Å²) in [7, 11) is 0. The summed E-state index contributed by atoms with van der Waals surface area (Å²) in [5.74, 6) is -5.19. The van der Waals surface area contributed by atoms with Crippen LogP contribution in [0.5, 0.6) is 0 Å². The van der Waals surface area contributed by atoms with E-state index in [4.69, 9.17) is 10.5 Å². The number of carbonyl (C=O) groups is 4. The molecule has 0 aliphatic heterocycles. The van der Waals surface area contributed by atoms with Gasteiger partial charge in [0.25, 0.3) is 5.56 Å². The molecule has 39 heavy (non-hydrogen) atoms. The Labute approximate surface area is 219 Å². The van der Waals surface area contributed by atoms with Gasteiger partial charge in [0.2, 0.25) is 11.8 Å². The first kappa shape index (κ1) is 30.7. The molecule has 4 N–H and O–H groups in total. The molecule has 0 aliphatic rings. The zero-order valence-corrected chi connectivity index (χ0v) is 20.7. The SMILES string of the molecule is CCOC(=O)/C=C/C(CCC(N)=O)NC(=O)[C@H](Cc1ccc(F)cc1)n1cccc(NC(=O)C(F)(F)F)c1=O. The van der Waals surface area contributed by atoms with Gasteiger partial charge >= 0.3 is 18.1 Å². The highest BCUT2D eigenvalue weighted by molar-refractivity contribution is 5.94. The Morgan fingerprint density at radius 1 is 1.13 bits per heavy atom. The van der Waals surface area contributed by atoms with Gasteiger partial charge in [-0.05, 0) is 43.2 Å². The number of nitrogens with one attached hydrogen (secondary N) is 2. The molecule has 0 aliphatic carbocycles. The van der Waals surface area contributed by atoms with Crippen molar-refractivity contribution in [3.63, 3.8) is 0 Å². The summed E-state index contributed by atoms with van der Waals surface area (Å²) >= 11 is 0. The summed E-state index contributed by atoms with van der Waals surface area (Å²) in [6, 6.07) is 4.68. The molecule has 1 heterocycles. The largest absolute Gasteiger partial charge is 0.471 e. The number of halogens is 4. The van der Waals surface area contributed by atoms with Gasteiger partial charge in [0.15, 0.2) is 0 Å². The second-order valence-electron chi connectivity index (χ2n) is 8.16. The summed E-state index contributed by atoms with van der Waals surface area (Å²) in [5.41, 5.74) is 3.73. The van der Waals surface area contributed by atoms with Crippen LogP contribution in [0.2, 0.25) is 0 Å². The molecule has 2 aromatic rings. The Morgan fingerprint density at radius 3 is 2.38 bits per heavy atom. The summed E-state index contributed by atoms with van der Waals surface area (Å²) < 4.78 is 57.2. The fourth-order valence-electron chi connectivity index (χ4n) is 3.38. The third-order valence-electron chi connectivity index (χ3n) is 5.24. The first-order valence-electron chi connectivity index (χ1n) is 11.6. The summed E-state index contributed by atoms with van der Waals surface area (Å²) in [6.45, 7) is 1.67. The molecule has 210 valence electrons. The first-order chi connectivity index (χ1) is 18.3. The van der Waals surface area contributed by atoms with Gasteiger partial charge in [-0.1, -0.05) is 18.2 Å². The van der Waals surface area contributed by atoms with Crippen LogP contribution in [0.25, 0.3) is 0 Å². The predicted octanol–water partition coefficient (Wildman–Crippen LogP) is 2.14. The van der Waals surface area contributed by atoms with Crippen molar-refractivity contribution in [2.45, 2.75) is 44.4 Å². The van der Waals surface area contributed by atoms with E-state index >= 15 is 0 Å². The maximum absolute atomic E-state index is 13.4. The second kappa shape index (κ2) is 13.9. The molecule has 1 unspecified atom stereocenters. The van der Waals surface area contributed by atoms with Crippen LogP contribution in [0.1, 0.15) is 31.4 Å². The van der Waals surface area contributed by atoms with E-state index in [2.05, 4.69) is 5.32 Å². The lowest BCUT2D eigenvalue weighted by Gasteiger charge is -2.23. The van der Waals surface area contributed by atoms with Crippen LogP contribution < -0.4 is 21.9 Å². The van der Waals surface area contributed by atoms with Gasteiger partial charge in [-0.2, -0.15) is 13.2 Å². The molecule has 2 atom stereocenters. The van der Waals surface area contributed by atoms with Crippen molar-refractivity contribution in [3.05, 3.63) is 76.5 Å². The Morgan fingerprint density at radius 2 is 1.79 bits per heavy atom. The minimum atomic E-state index is -5.27. The highest BCUT2D eigenvalue weighted by atomic mass is 19.4. The number of hydrogen-bond donors (Lipinski definition) is 3. The average molecular weight is 554 g/mol. The van der Waals surface area contributed by atoms with Crippen LogP contribution in [-0.4, -0.2) is 47.1 Å². The van der Waals surface area contributed by atoms with E-state index in [-0.39, 0.29) is 25.9 Å². The molecule has 1 aromatic carbocycles. The van der Waals surface area contributed by atoms with Gasteiger partial charge in [0, 0.05) is 31.2 Å². The third kappa shape index (κ3) is 9.72. The number of ether oxygens (including phenoxy) is 1. The van der Waals surface area contributed by atoms with Crippen LogP contribution in [0, 0.1) is 5.82 Å². The number of nitrogens with two attached hydrogens (primary N) is 1. The van der Waals surface area contributed by atoms with Crippen molar-refractivity contribution in [2.75, 3.05) is 11.9 Å². The second-order valence-corrected chi connectivity index (χ2v) is 8.16. The molecule has 0 saturated carbocycles. The molecule has 1 aromatic heterocycles. The number of alkyl halides is 3. The number of rotatable bonds is 12. The molecule has 0 spiro atoms. The van der Waals surface area contributed by atoms with Crippen LogP contribution in [-0.2, 0) is 30.3 Å². The molecule has 10 nitrogen and oxygen atoms in total. The van der Waals surface area contributed by atoms with E-state index in [1.54, 1.807) is 6.92 Å². The van der Waals surface area contributed by atoms with Crippen LogP contribution in [0.3, 0.4) is 0 Å². The fraction of sp³-hybridized carbons (Fsp3) is 0.320. The van der Waals surface area contributed by atoms with E-state index in [1.807, 2.05) is 0 Å². The number of pyridine rings is 1. The summed E-state index contributed by atoms with van der Waals surface area (Å²) in [4.78, 5) is 60.8. The summed E-state index contributed by atoms with van der Waals surface area (Å²) in [5, 5.41) is 4.05. The molecule has 0 fully saturated rings. The zero-order chi connectivity index (χ0) is 29.2. The monoisotopic (exact) mass is 554 g/mol. The van der Waals surface area contributed by atoms with E-state index in [0.717, 1.165) is 41.1 Å². The standard InChI is InChI=1S/C25H26F4N4O6/c1-2-39-21(35)12-10-17(9-11-20(30)34)31-22(36)19(14-15-5-7-16(26)8-6-15)33-13-3-4-18(23(33)37)32-24(38)25(27,28)29/h3-8,10,12-13,17,19H,2,9,11,14H2,1H3,(H2,30,34)(H,31,36)(H,32,38)/b12-10+/t17?,19-/m0/s1. The molecular weight excluding hydrogens is 528 g/mol. The normalized spacial score (nSPS) is 12.9. The highest BCUT2D eigenvalue weighted by Crippen LogP contribution is 2.19. The smallest absolute Gasteiger partial charge is 0.463 e. The molecule has 14 heteroatoms. The topological polar surface area (TPSA) is 150 Å². The van der Waals surface area contributed by atoms with Gasteiger partial charge in [-0.25, -0.2) is 9.18 Å². The minimum Gasteiger partial charge on any atom is -0.463 e. The third-order valence-corrected chi connectivity index (χ3v) is 5.24. The zero-order valence-electron chi connectivity index (χ0n) is 20.7. The van der Waals surface area contributed by atoms with Gasteiger partial charge in [-0.15, -0.1) is 0 Å². The first-order valence-corrected chi connectivity index (χ1v) is 11.6. The number of aromatic nitrogens is 1. The minimum absolute atomic E-state index is 0.0309. The lowest BCUT2D eigenvalue weighted by Crippen LogP contribution is -2.43. The molecule has 2 rings (SSSR count). The molecule has 3 amide bonds. The van der Waals surface area contributed by atoms with Crippen molar-refractivity contribution in [1.29, 1.82) is 0 Å². The van der Waals surface area contributed by atoms with Crippen molar-refractivity contribution in [3.8, 4) is 0 Å². The van der Waals surface area contributed by atoms with Crippen LogP contribution >= 0.6 is 0 Å². The van der Waals surface area contributed by atoms with Gasteiger partial charge in [0.05, 0.1) is 6.61 Å². The number of esters is 1. The van der Waals surface area contributed by atoms with Crippen molar-refractivity contribution in [1.82, 2.24) is 9.88 Å². The number of benzene rings is 1. The van der Waals surface area contributed by atoms with E-state index < -0.39 is 59.0 Å². The maximum atomic E-state index is 13.4. The van der Waals surface area contributed by atoms with E-state index in [9.17, 15) is 41.5 Å². The van der Waals surface area contributed by atoms with Crippen LogP contribution in [0.15, 0.2) is 59.5 Å². The maximum Gasteiger partial charge on any atom is 0.471 e. The van der Waals surface area contributed by atoms with Gasteiger partial charge in [-0.3, -0.25) is 19.2 Å². The van der Waals surface area contributed by atoms with Gasteiger partial charge in [0.1, 0.15) is 17.5 Å². The quantitative estimate of drug-likeness (QED) is 0.208. The van der Waals surface area contributed by atoms with Crippen molar-refractivity contribution in [2.24, 2.45) is 5.73 Å². The van der Waals surface area contributed by atoms with E-state index in [0.29, 0.717) is 5.56 Å². The number of amides is 3. The lowest BCUT2D eigenvalue weighted by atomic mass is 10.0. The Hall–Kier alpha value is -4.49. The predicted molar refractivity (Wildman–Crippen MR) is 131 cm³/mol. The number of nitrogens with zero attached hydrogens (tertiary/aromatic N) is 1. The Bertz CT molecular complexity index is 1270. The highest BCUT2D eigenvalue weighted by Gasteiger charge is 2.39. The number of hydrogen-bond acceptors (Lipinski definition) is 6. The van der Waals surface area contributed by atoms with Crippen molar-refractivity contribution >= 4 is 29.4 Å². The Balaban J connectivity index is 2.46. The number of carbonyl (C=O) groups excluding carboxylic acids is 4. The molecule has 0 radical (unpaired) electrons. The average Bonchev–Trinajstić information content (AvgIpc) is 2.86. The molecular formula is C25H26F4N4O6. The number of anilines is 1. The molecule has 0 bridgehead atoms. The summed E-state index contributed by atoms with van der Waals surface area (Å²) in [6.07, 6.45) is -2.27. The fourth-order valence-corrected chi connectivity index (χ4v) is 3.38. The van der Waals surface area contributed by atoms with Crippen molar-refractivity contribution < 1.29 is 41.5 Å².